The van der Waals surface area contributed by atoms with E-state index >= 15 is 0 Å². The molecular weight excluding hydrogens is 2250 g/mol. The molecule has 20 rings (SSSR count). The van der Waals surface area contributed by atoms with Gasteiger partial charge in [-0.1, -0.05) is 258 Å². The first-order valence-electron chi connectivity index (χ1n) is 43.9. The predicted octanol–water partition coefficient (Wildman–Crippen LogP) is 29.4. The number of aliphatic hydroxyl groups excluding tert-OH is 3. The van der Waals surface area contributed by atoms with E-state index in [4.69, 9.17) is 41.9 Å². The first-order chi connectivity index (χ1) is 64.3. The fourth-order valence-corrected chi connectivity index (χ4v) is 17.6. The van der Waals surface area contributed by atoms with Gasteiger partial charge in [0, 0.05) is 131 Å². The number of carbonyl (C=O) groups excluding carboxylic acids is 3. The number of anilines is 1. The molecular formula is C119H104Ir3N7O7S-3. The van der Waals surface area contributed by atoms with Crippen molar-refractivity contribution < 1.29 is 94.8 Å². The first kappa shape index (κ1) is 105. The summed E-state index contributed by atoms with van der Waals surface area (Å²) < 4.78 is 6.85. The van der Waals surface area contributed by atoms with Crippen LogP contribution in [0.25, 0.3) is 131 Å². The van der Waals surface area contributed by atoms with E-state index in [1.165, 1.54) is 158 Å². The molecule has 0 fully saturated rings. The average Bonchev–Trinajstić information content (AvgIpc) is 1.59. The fraction of sp³-hybridized carbons (Fsp3) is 0.151. The summed E-state index contributed by atoms with van der Waals surface area (Å²) in [5.41, 5.74) is 29.7. The van der Waals surface area contributed by atoms with Gasteiger partial charge in [0.15, 0.2) is 17.3 Å². The van der Waals surface area contributed by atoms with Crippen molar-refractivity contribution in [1.82, 2.24) is 19.9 Å². The molecule has 693 valence electrons. The number of benzene rings is 12. The summed E-state index contributed by atoms with van der Waals surface area (Å²) in [5, 5.41) is 39.8. The summed E-state index contributed by atoms with van der Waals surface area (Å²) in [4.78, 5) is 54.3. The molecule has 0 amide bonds. The van der Waals surface area contributed by atoms with Crippen LogP contribution >= 0.6 is 11.3 Å². The molecule has 18 heteroatoms. The van der Waals surface area contributed by atoms with Gasteiger partial charge in [0.1, 0.15) is 11.5 Å². The van der Waals surface area contributed by atoms with Crippen LogP contribution in [0.15, 0.2) is 374 Å². The Balaban J connectivity index is 0.000000168. The van der Waals surface area contributed by atoms with Gasteiger partial charge in [-0.25, -0.2) is 15.1 Å². The number of aromatic nitrogens is 4. The minimum Gasteiger partial charge on any atom is -0.512 e. The Labute approximate surface area is 847 Å². The number of thiazole rings is 1. The third-order valence-electron chi connectivity index (χ3n) is 23.1. The minimum absolute atomic E-state index is 0. The van der Waals surface area contributed by atoms with Crippen molar-refractivity contribution in [3.05, 3.63) is 442 Å². The van der Waals surface area contributed by atoms with Gasteiger partial charge in [-0.2, -0.15) is 11.3 Å². The van der Waals surface area contributed by atoms with Gasteiger partial charge < -0.3 is 29.9 Å². The number of rotatable bonds is 10. The van der Waals surface area contributed by atoms with E-state index in [1.807, 2.05) is 128 Å². The van der Waals surface area contributed by atoms with Crippen LogP contribution < -0.4 is 4.90 Å². The van der Waals surface area contributed by atoms with Crippen LogP contribution in [-0.2, 0) is 95.7 Å². The monoisotopic (exact) mass is 2350 g/mol. The van der Waals surface area contributed by atoms with Gasteiger partial charge in [0.2, 0.25) is 0 Å². The summed E-state index contributed by atoms with van der Waals surface area (Å²) in [6, 6.07) is 114. The van der Waals surface area contributed by atoms with Crippen molar-refractivity contribution in [2.24, 2.45) is 0 Å². The van der Waals surface area contributed by atoms with Crippen LogP contribution in [-0.4, -0.2) is 66.7 Å². The molecule has 5 heterocycles. The van der Waals surface area contributed by atoms with Gasteiger partial charge in [-0.05, 0) is 204 Å². The minimum atomic E-state index is -0.125. The number of nitriles is 1. The quantitative estimate of drug-likeness (QED) is 0.0505. The van der Waals surface area contributed by atoms with E-state index < -0.39 is 0 Å². The normalized spacial score (nSPS) is 13.4. The number of ketones is 3. The standard InChI is InChI=1S/C24H19N.2C24H18N.C19H17N3O.C13H8NS.3C5H8O2.3Ir/c2*1-24(2)20-9-5-4-8-18(20)19-13-11-17(15-21(19)24)23-14-12-16-7-3-6-10-22(16)25-23;1-24(2)21-10-6-5-9-19(21)20-12-11-17(15-22(20)24)23-18-8-4-3-7-16(18)13-14-25-23;1-14-11-16(19(13-20)21-2)12-18(23-14)10-7-15-5-8-17(9-6-15)22(3)4;1-2-6-10(7-3-1)13-14-11-8-4-5-9-12(11)15-13;3*1-4(6)3-5(2)7;;;/h3-15H,1-2H3;2*3-10,12-15H,1-2H3;5-12H,1,3-4H3;1-6,8-9H;3*3,6H,1-2H3;;;/q;2*-1;;-1;;;;;;/b;;;10-7+,19-16+;;;;;;;. The first-order valence-corrected chi connectivity index (χ1v) is 44.8. The zero-order valence-corrected chi connectivity index (χ0v) is 86.8. The van der Waals surface area contributed by atoms with Gasteiger partial charge in [0.05, 0.1) is 52.2 Å². The molecule has 16 aromatic rings. The number of carbonyl (C=O) groups is 3. The Hall–Kier alpha value is -14.1. The Morgan fingerprint density at radius 3 is 1.42 bits per heavy atom. The van der Waals surface area contributed by atoms with Gasteiger partial charge in [0.25, 0.3) is 5.70 Å². The third-order valence-corrected chi connectivity index (χ3v) is 24.1. The number of pyridine rings is 3. The maximum Gasteiger partial charge on any atom is 0.269 e. The Morgan fingerprint density at radius 2 is 0.920 bits per heavy atom. The van der Waals surface area contributed by atoms with Gasteiger partial charge >= 0.3 is 0 Å². The van der Waals surface area contributed by atoms with Gasteiger partial charge in [-0.15, -0.1) is 94.5 Å². The Kier molecular flexibility index (Phi) is 36.3. The van der Waals surface area contributed by atoms with Crippen LogP contribution in [0.4, 0.5) is 5.69 Å². The smallest absolute Gasteiger partial charge is 0.269 e. The molecule has 0 atom stereocenters. The van der Waals surface area contributed by atoms with E-state index in [9.17, 15) is 14.4 Å². The molecule has 4 aliphatic rings. The van der Waals surface area contributed by atoms with Crippen LogP contribution in [0, 0.1) is 36.1 Å². The number of fused-ring (bicyclic) bond motifs is 13. The number of aliphatic hydroxyl groups is 3. The van der Waals surface area contributed by atoms with Crippen molar-refractivity contribution in [1.29, 1.82) is 5.26 Å². The number of para-hydroxylation sites is 3. The fourth-order valence-electron chi connectivity index (χ4n) is 16.7. The van der Waals surface area contributed by atoms with Crippen molar-refractivity contribution in [2.45, 2.75) is 106 Å². The number of ether oxygens (including phenoxy) is 1. The molecule has 137 heavy (non-hydrogen) atoms. The zero-order valence-electron chi connectivity index (χ0n) is 78.8. The summed E-state index contributed by atoms with van der Waals surface area (Å²) in [7, 11) is 4.00. The van der Waals surface area contributed by atoms with Crippen molar-refractivity contribution in [3.63, 3.8) is 0 Å². The SMILES string of the molecule is CC(=O)C=C(C)O.CC(=O)C=C(C)O.CC(=O)C=C(C)O.CC1(C)c2ccccc2-c2c[c-]c(-c3ccc4ccccc4n3)cc21.CC1(C)c2ccccc2-c2c[c-]c(-c3nccc4ccccc34)cc21.CC1(C)c2ccccc2-c2ccc(-c3ccc4ccccc4n3)cc21.[C-]#[N+]/C(C#N)=C1\C=C(C)OC(/C=C/c2ccc(N(C)C)cc2)=C1.[Ir].[Ir].[Ir].[c-]1ccccc1-c1nc2ccccc2s1. The average molecular weight is 2350 g/mol. The maximum atomic E-state index is 10.0. The molecule has 0 spiro atoms. The van der Waals surface area contributed by atoms with Crippen molar-refractivity contribution >= 4 is 83.2 Å². The third kappa shape index (κ3) is 25.7. The van der Waals surface area contributed by atoms with Crippen LogP contribution in [0.2, 0.25) is 0 Å². The summed E-state index contributed by atoms with van der Waals surface area (Å²) in [6.07, 6.45) is 12.6. The van der Waals surface area contributed by atoms with Crippen molar-refractivity contribution in [2.75, 3.05) is 19.0 Å². The topological polar surface area (TPSA) is 204 Å². The van der Waals surface area contributed by atoms with E-state index in [2.05, 4.69) is 281 Å². The summed E-state index contributed by atoms with van der Waals surface area (Å²) in [6.45, 7) is 31.2. The molecule has 0 saturated carbocycles. The number of hydrogen-bond acceptors (Lipinski definition) is 14. The number of hydrogen-bond donors (Lipinski definition) is 3. The second-order valence-electron chi connectivity index (χ2n) is 34.5. The molecule has 1 aliphatic heterocycles. The molecule has 3 N–H and O–H groups in total. The summed E-state index contributed by atoms with van der Waals surface area (Å²) >= 11 is 1.71. The largest absolute Gasteiger partial charge is 0.512 e. The molecule has 3 radical (unpaired) electrons. The van der Waals surface area contributed by atoms with E-state index in [0.717, 1.165) is 66.6 Å². The predicted molar refractivity (Wildman–Crippen MR) is 549 cm³/mol. The van der Waals surface area contributed by atoms with Crippen LogP contribution in [0.3, 0.4) is 0 Å². The zero-order chi connectivity index (χ0) is 95.5. The van der Waals surface area contributed by atoms with E-state index in [0.29, 0.717) is 17.1 Å². The van der Waals surface area contributed by atoms with Crippen LogP contribution in [0.5, 0.6) is 0 Å². The molecule has 14 nitrogen and oxygen atoms in total. The molecule has 0 unspecified atom stereocenters. The second-order valence-corrected chi connectivity index (χ2v) is 35.5. The second kappa shape index (κ2) is 47.4. The molecule has 0 bridgehead atoms. The van der Waals surface area contributed by atoms with Crippen LogP contribution in [0.1, 0.15) is 129 Å². The molecule has 0 saturated heterocycles. The van der Waals surface area contributed by atoms with E-state index in [-0.39, 0.29) is 117 Å². The summed E-state index contributed by atoms with van der Waals surface area (Å²) in [5.74, 6) is 1.07. The number of nitrogens with zero attached hydrogens (tertiary/aromatic N) is 7. The maximum absolute atomic E-state index is 10.0. The number of allylic oxidation sites excluding steroid dienone is 12. The molecule has 4 aromatic heterocycles. The van der Waals surface area contributed by atoms with E-state index in [1.54, 1.807) is 30.4 Å². The Morgan fingerprint density at radius 1 is 0.460 bits per heavy atom. The molecule has 12 aromatic carbocycles. The molecule has 3 aliphatic carbocycles. The van der Waals surface area contributed by atoms with Gasteiger partial charge in [-0.3, -0.25) is 24.4 Å². The Bertz CT molecular complexity index is 7130. The van der Waals surface area contributed by atoms with Crippen molar-refractivity contribution in [3.8, 4) is 83.8 Å².